The minimum absolute atomic E-state index is 0.00233. The van der Waals surface area contributed by atoms with E-state index in [4.69, 9.17) is 16.6 Å². The average Bonchev–Trinajstić information content (AvgIpc) is 3.82. The zero-order chi connectivity index (χ0) is 43.9. The number of guanidine groups is 2. The second-order valence-electron chi connectivity index (χ2n) is 16.8. The fourth-order valence-corrected chi connectivity index (χ4v) is 7.11. The molecule has 0 radical (unpaired) electrons. The van der Waals surface area contributed by atoms with E-state index in [2.05, 4.69) is 31.9 Å². The number of likely N-dealkylation sites (tertiary alicyclic amines) is 1. The molecule has 59 heavy (non-hydrogen) atoms. The number of aliphatic carboxylic acids is 1. The van der Waals surface area contributed by atoms with Gasteiger partial charge in [0, 0.05) is 45.6 Å². The van der Waals surface area contributed by atoms with Crippen molar-refractivity contribution in [1.82, 2.24) is 41.7 Å². The first kappa shape index (κ1) is 47.8. The predicted molar refractivity (Wildman–Crippen MR) is 221 cm³/mol. The molecular weight excluding hydrogens is 763 g/mol. The Hall–Kier alpha value is -5.62. The molecule has 12 N–H and O–H groups in total. The van der Waals surface area contributed by atoms with Gasteiger partial charge in [-0.2, -0.15) is 0 Å². The molecule has 1 aromatic rings. The third-order valence-corrected chi connectivity index (χ3v) is 10.3. The number of phenols is 1. The summed E-state index contributed by atoms with van der Waals surface area (Å²) in [7, 11) is 0. The first-order valence-corrected chi connectivity index (χ1v) is 20.4. The topological polar surface area (TPSA) is 295 Å². The van der Waals surface area contributed by atoms with Crippen LogP contribution in [0.5, 0.6) is 5.75 Å². The highest BCUT2D eigenvalue weighted by Crippen LogP contribution is 2.23. The van der Waals surface area contributed by atoms with Crippen molar-refractivity contribution in [2.24, 2.45) is 17.1 Å². The Morgan fingerprint density at radius 1 is 0.932 bits per heavy atom. The number of amides is 5. The molecule has 5 amide bonds. The van der Waals surface area contributed by atoms with Crippen LogP contribution in [0.2, 0.25) is 0 Å². The van der Waals surface area contributed by atoms with Gasteiger partial charge in [0.2, 0.25) is 29.5 Å². The normalized spacial score (nSPS) is 17.3. The van der Waals surface area contributed by atoms with E-state index < -0.39 is 65.2 Å². The van der Waals surface area contributed by atoms with Gasteiger partial charge in [0.1, 0.15) is 36.0 Å². The van der Waals surface area contributed by atoms with E-state index >= 15 is 0 Å². The number of unbranched alkanes of at least 4 members (excludes halogenated alkanes) is 1. The number of nitrogens with one attached hydrogen (secondary N) is 8. The lowest BCUT2D eigenvalue weighted by Gasteiger charge is -2.33. The average molecular weight is 828 g/mol. The maximum atomic E-state index is 14.2. The molecule has 2 aliphatic rings. The lowest BCUT2D eigenvalue weighted by molar-refractivity contribution is -0.143. The van der Waals surface area contributed by atoms with Gasteiger partial charge in [0.05, 0.1) is 0 Å². The van der Waals surface area contributed by atoms with Crippen LogP contribution in [0.4, 0.5) is 0 Å². The molecule has 328 valence electrons. The molecule has 0 saturated carbocycles. The lowest BCUT2D eigenvalue weighted by atomic mass is 9.85. The van der Waals surface area contributed by atoms with Crippen LogP contribution in [-0.4, -0.2) is 130 Å². The van der Waals surface area contributed by atoms with E-state index in [9.17, 15) is 39.0 Å². The van der Waals surface area contributed by atoms with E-state index in [1.807, 2.05) is 18.7 Å². The van der Waals surface area contributed by atoms with Gasteiger partial charge in [0.25, 0.3) is 0 Å². The molecule has 19 nitrogen and oxygen atoms in total. The third-order valence-electron chi connectivity index (χ3n) is 10.3. The Balaban J connectivity index is 1.79. The minimum Gasteiger partial charge on any atom is -0.508 e. The number of carbonyl (C=O) groups is 6. The number of carboxylic acid groups (broad SMARTS) is 1. The van der Waals surface area contributed by atoms with E-state index in [-0.39, 0.29) is 68.7 Å². The maximum Gasteiger partial charge on any atom is 0.326 e. The number of nitrogens with two attached hydrogens (primary N) is 1. The lowest BCUT2D eigenvalue weighted by Crippen LogP contribution is -2.61. The molecule has 0 bridgehead atoms. The van der Waals surface area contributed by atoms with Crippen molar-refractivity contribution in [2.45, 2.75) is 123 Å². The molecular formula is C40H65N11O8. The quantitative estimate of drug-likeness (QED) is 0.0428. The van der Waals surface area contributed by atoms with Crippen LogP contribution in [0.3, 0.4) is 0 Å². The number of aromatic hydroxyl groups is 1. The van der Waals surface area contributed by atoms with E-state index in [1.54, 1.807) is 32.9 Å². The van der Waals surface area contributed by atoms with Crippen molar-refractivity contribution < 1.29 is 39.0 Å². The van der Waals surface area contributed by atoms with E-state index in [1.165, 1.54) is 17.0 Å². The first-order valence-electron chi connectivity index (χ1n) is 20.4. The van der Waals surface area contributed by atoms with Crippen LogP contribution < -0.4 is 37.6 Å². The summed E-state index contributed by atoms with van der Waals surface area (Å²) in [5, 5.41) is 51.6. The summed E-state index contributed by atoms with van der Waals surface area (Å²) in [6.45, 7) is 11.4. The second kappa shape index (κ2) is 22.5. The summed E-state index contributed by atoms with van der Waals surface area (Å²) in [6.07, 6.45) is 2.86. The molecule has 0 unspecified atom stereocenters. The van der Waals surface area contributed by atoms with Crippen molar-refractivity contribution in [2.75, 3.05) is 32.7 Å². The Morgan fingerprint density at radius 3 is 2.22 bits per heavy atom. The molecule has 2 fully saturated rings. The summed E-state index contributed by atoms with van der Waals surface area (Å²) in [6, 6.07) is 0.470. The van der Waals surface area contributed by atoms with Gasteiger partial charge in [-0.1, -0.05) is 46.8 Å². The van der Waals surface area contributed by atoms with Gasteiger partial charge in [-0.15, -0.1) is 0 Å². The van der Waals surface area contributed by atoms with Crippen molar-refractivity contribution in [3.8, 4) is 5.75 Å². The highest BCUT2D eigenvalue weighted by atomic mass is 16.4. The summed E-state index contributed by atoms with van der Waals surface area (Å²) < 4.78 is 0. The summed E-state index contributed by atoms with van der Waals surface area (Å²) in [5.41, 5.74) is 5.13. The molecule has 19 heteroatoms. The number of rotatable bonds is 22. The zero-order valence-corrected chi connectivity index (χ0v) is 35.0. The smallest absolute Gasteiger partial charge is 0.326 e. The van der Waals surface area contributed by atoms with Crippen LogP contribution >= 0.6 is 0 Å². The fraction of sp³-hybridized carbons (Fsp3) is 0.650. The highest BCUT2D eigenvalue weighted by Gasteiger charge is 2.40. The van der Waals surface area contributed by atoms with Gasteiger partial charge in [-0.3, -0.25) is 34.8 Å². The summed E-state index contributed by atoms with van der Waals surface area (Å²) in [4.78, 5) is 84.4. The van der Waals surface area contributed by atoms with Crippen molar-refractivity contribution in [3.63, 3.8) is 0 Å². The maximum absolute atomic E-state index is 14.2. The second-order valence-corrected chi connectivity index (χ2v) is 16.8. The molecule has 2 saturated heterocycles. The first-order chi connectivity index (χ1) is 27.8. The summed E-state index contributed by atoms with van der Waals surface area (Å²) in [5.74, 6) is -3.93. The fourth-order valence-electron chi connectivity index (χ4n) is 7.11. The van der Waals surface area contributed by atoms with Crippen LogP contribution in [0.1, 0.15) is 91.5 Å². The third kappa shape index (κ3) is 15.6. The van der Waals surface area contributed by atoms with Crippen molar-refractivity contribution >= 4 is 47.4 Å². The summed E-state index contributed by atoms with van der Waals surface area (Å²) >= 11 is 0. The molecule has 3 rings (SSSR count). The molecule has 0 aliphatic carbocycles. The number of carbonyl (C=O) groups excluding carboxylic acids is 5. The Morgan fingerprint density at radius 2 is 1.63 bits per heavy atom. The largest absolute Gasteiger partial charge is 0.508 e. The van der Waals surface area contributed by atoms with Crippen molar-refractivity contribution in [3.05, 3.63) is 29.8 Å². The molecule has 5 atom stereocenters. The Kier molecular flexibility index (Phi) is 18.2. The number of hydrogen-bond donors (Lipinski definition) is 11. The monoisotopic (exact) mass is 828 g/mol. The molecule has 1 aromatic carbocycles. The van der Waals surface area contributed by atoms with E-state index in [0.29, 0.717) is 50.3 Å². The molecule has 2 aliphatic heterocycles. The number of benzene rings is 1. The number of phenolic OH excluding ortho intramolecular Hbond substituents is 1. The zero-order valence-electron chi connectivity index (χ0n) is 35.0. The standard InChI is InChI=1S/C40H65N11O8/c1-24(2)22-29(37(58)59)48-35(56)32(40(3,4)5)49-33(54)28(23-25-13-15-26(52)16-14-25)47-34(55)30-11-9-20-51(30)36(57)27(10-8-17-44-38(41)42)46-31(53)12-6-7-19-50-21-18-45-39(50)43/h13-16,24,27-30,32,52H,6-12,17-23H2,1-5H3,(H2,43,45)(H,46,53)(H,47,55)(H,48,56)(H,49,54)(H,58,59)(H4,41,42,44)/t27-,28-,29-,30-,32+/m0/s1. The van der Waals surface area contributed by atoms with Gasteiger partial charge < -0.3 is 57.6 Å². The number of carboxylic acids is 1. The number of nitrogens with zero attached hydrogens (tertiary/aromatic N) is 2. The SMILES string of the molecule is CC(C)C[C@H](NC(=O)[C@@H](NC(=O)[C@H](Cc1ccc(O)cc1)NC(=O)[C@@H]1CCCN1C(=O)[C@H](CCCNC(=N)N)NC(=O)CCCCN1CCNC1=N)C(C)(C)C)C(=O)O. The van der Waals surface area contributed by atoms with Gasteiger partial charge in [0.15, 0.2) is 11.9 Å². The molecule has 0 spiro atoms. The molecule has 0 aromatic heterocycles. The number of hydrogen-bond acceptors (Lipinski definition) is 9. The molecule has 2 heterocycles. The van der Waals surface area contributed by atoms with Crippen LogP contribution in [0.25, 0.3) is 0 Å². The van der Waals surface area contributed by atoms with Crippen LogP contribution in [0, 0.1) is 22.2 Å². The minimum atomic E-state index is -1.25. The van der Waals surface area contributed by atoms with Crippen molar-refractivity contribution in [1.29, 1.82) is 10.8 Å². The van der Waals surface area contributed by atoms with Crippen LogP contribution in [-0.2, 0) is 35.2 Å². The van der Waals surface area contributed by atoms with Gasteiger partial charge in [-0.25, -0.2) is 4.79 Å². The highest BCUT2D eigenvalue weighted by molar-refractivity contribution is 5.96. The predicted octanol–water partition coefficient (Wildman–Crippen LogP) is 0.315. The van der Waals surface area contributed by atoms with Crippen LogP contribution in [0.15, 0.2) is 24.3 Å². The Labute approximate surface area is 346 Å². The Bertz CT molecular complexity index is 1650. The van der Waals surface area contributed by atoms with E-state index in [0.717, 1.165) is 6.54 Å². The van der Waals surface area contributed by atoms with Gasteiger partial charge in [-0.05, 0) is 74.0 Å². The van der Waals surface area contributed by atoms with Gasteiger partial charge >= 0.3 is 5.97 Å².